The summed E-state index contributed by atoms with van der Waals surface area (Å²) in [5.74, 6) is -3.24. The molecule has 0 aliphatic heterocycles. The maximum atomic E-state index is 16.9. The number of hydrogen-bond donors (Lipinski definition) is 3. The zero-order valence-electron chi connectivity index (χ0n) is 16.9. The van der Waals surface area contributed by atoms with Crippen LogP contribution < -0.4 is 0 Å². The number of halogens is 2. The number of alkyl halides is 2. The predicted octanol–water partition coefficient (Wildman–Crippen LogP) is 1.84. The van der Waals surface area contributed by atoms with Crippen LogP contribution in [0.4, 0.5) is 8.78 Å². The Morgan fingerprint density at radius 1 is 1.28 bits per heavy atom. The van der Waals surface area contributed by atoms with Crippen molar-refractivity contribution in [2.24, 2.45) is 28.6 Å². The number of ketones is 2. The highest BCUT2D eigenvalue weighted by molar-refractivity contribution is 6.01. The number of rotatable bonds is 2. The Kier molecular flexibility index (Phi) is 4.34. The molecule has 0 aromatic carbocycles. The zero-order chi connectivity index (χ0) is 21.6. The van der Waals surface area contributed by atoms with E-state index < -0.39 is 70.3 Å². The van der Waals surface area contributed by atoms with Crippen molar-refractivity contribution in [3.63, 3.8) is 0 Å². The van der Waals surface area contributed by atoms with Gasteiger partial charge in [-0.1, -0.05) is 19.9 Å². The quantitative estimate of drug-likeness (QED) is 0.646. The Hall–Kier alpha value is -1.44. The van der Waals surface area contributed by atoms with Gasteiger partial charge in [-0.2, -0.15) is 0 Å². The Labute approximate surface area is 168 Å². The molecule has 0 aromatic heterocycles. The maximum Gasteiger partial charge on any atom is 0.190 e. The van der Waals surface area contributed by atoms with Gasteiger partial charge in [0.25, 0.3) is 0 Å². The highest BCUT2D eigenvalue weighted by Gasteiger charge is 2.76. The van der Waals surface area contributed by atoms with Crippen LogP contribution in [-0.4, -0.2) is 57.0 Å². The molecule has 7 heteroatoms. The van der Waals surface area contributed by atoms with Crippen LogP contribution in [0.15, 0.2) is 23.8 Å². The normalized spacial score (nSPS) is 53.7. The molecule has 4 aliphatic rings. The third-order valence-electron chi connectivity index (χ3n) is 8.78. The van der Waals surface area contributed by atoms with Gasteiger partial charge in [0, 0.05) is 16.7 Å². The molecule has 5 nitrogen and oxygen atoms in total. The molecule has 0 bridgehead atoms. The van der Waals surface area contributed by atoms with Gasteiger partial charge in [0.1, 0.15) is 18.4 Å². The minimum atomic E-state index is -2.24. The van der Waals surface area contributed by atoms with Crippen LogP contribution >= 0.6 is 0 Å². The number of allylic oxidation sites excluding steroid dienone is 4. The van der Waals surface area contributed by atoms with E-state index in [2.05, 4.69) is 0 Å². The summed E-state index contributed by atoms with van der Waals surface area (Å²) in [6, 6.07) is 0. The van der Waals surface area contributed by atoms with E-state index in [1.807, 2.05) is 0 Å². The van der Waals surface area contributed by atoms with Crippen molar-refractivity contribution in [2.75, 3.05) is 6.61 Å². The number of carbonyl (C=O) groups excluding carboxylic acids is 2. The van der Waals surface area contributed by atoms with Gasteiger partial charge in [-0.05, 0) is 55.7 Å². The largest absolute Gasteiger partial charge is 0.390 e. The number of aliphatic hydroxyl groups excluding tert-OH is 2. The molecule has 3 saturated carbocycles. The summed E-state index contributed by atoms with van der Waals surface area (Å²) in [7, 11) is 0. The molecule has 9 atom stereocenters. The van der Waals surface area contributed by atoms with Crippen LogP contribution in [0.2, 0.25) is 0 Å². The van der Waals surface area contributed by atoms with Gasteiger partial charge in [0.05, 0.1) is 6.10 Å². The smallest absolute Gasteiger partial charge is 0.190 e. The first-order chi connectivity index (χ1) is 13.4. The number of Topliss-reactive ketones (excluding diaryl/α,β-unsaturated/α-hetero) is 1. The number of carbonyl (C=O) groups is 2. The van der Waals surface area contributed by atoms with E-state index >= 15 is 8.78 Å². The molecular weight excluding hydrogens is 382 g/mol. The maximum absolute atomic E-state index is 16.9. The molecule has 0 saturated heterocycles. The Morgan fingerprint density at radius 3 is 2.55 bits per heavy atom. The highest BCUT2D eigenvalue weighted by Crippen LogP contribution is 2.70. The zero-order valence-corrected chi connectivity index (χ0v) is 16.9. The molecule has 0 heterocycles. The molecule has 4 rings (SSSR count). The van der Waals surface area contributed by atoms with Crippen molar-refractivity contribution >= 4 is 11.6 Å². The summed E-state index contributed by atoms with van der Waals surface area (Å²) < 4.78 is 32.1. The minimum Gasteiger partial charge on any atom is -0.390 e. The summed E-state index contributed by atoms with van der Waals surface area (Å²) >= 11 is 0. The highest BCUT2D eigenvalue weighted by atomic mass is 19.1. The number of aliphatic hydroxyl groups is 3. The van der Waals surface area contributed by atoms with E-state index in [4.69, 9.17) is 0 Å². The first-order valence-corrected chi connectivity index (χ1v) is 10.2. The van der Waals surface area contributed by atoms with Crippen molar-refractivity contribution in [1.82, 2.24) is 0 Å². The fourth-order valence-electron chi connectivity index (χ4n) is 7.25. The summed E-state index contributed by atoms with van der Waals surface area (Å²) in [6.45, 7) is 3.96. The Morgan fingerprint density at radius 2 is 1.93 bits per heavy atom. The van der Waals surface area contributed by atoms with Crippen LogP contribution in [0.5, 0.6) is 0 Å². The van der Waals surface area contributed by atoms with Crippen molar-refractivity contribution in [2.45, 2.75) is 63.6 Å². The van der Waals surface area contributed by atoms with Gasteiger partial charge in [-0.15, -0.1) is 0 Å². The van der Waals surface area contributed by atoms with E-state index in [1.165, 1.54) is 19.1 Å². The third-order valence-corrected chi connectivity index (χ3v) is 8.78. The molecular formula is C22H28F2O5. The van der Waals surface area contributed by atoms with E-state index in [-0.39, 0.29) is 24.8 Å². The van der Waals surface area contributed by atoms with Crippen LogP contribution in [-0.2, 0) is 9.59 Å². The van der Waals surface area contributed by atoms with Gasteiger partial charge < -0.3 is 15.3 Å². The molecule has 29 heavy (non-hydrogen) atoms. The van der Waals surface area contributed by atoms with Crippen molar-refractivity contribution in [3.05, 3.63) is 23.8 Å². The van der Waals surface area contributed by atoms with Gasteiger partial charge in [0.15, 0.2) is 17.2 Å². The lowest BCUT2D eigenvalue weighted by Gasteiger charge is -2.63. The summed E-state index contributed by atoms with van der Waals surface area (Å²) in [4.78, 5) is 24.3. The molecule has 0 unspecified atom stereocenters. The summed E-state index contributed by atoms with van der Waals surface area (Å²) in [6.07, 6.45) is 0.427. The van der Waals surface area contributed by atoms with Crippen molar-refractivity contribution in [1.29, 1.82) is 0 Å². The third kappa shape index (κ3) is 2.19. The van der Waals surface area contributed by atoms with E-state index in [0.29, 0.717) is 0 Å². The lowest BCUT2D eigenvalue weighted by molar-refractivity contribution is -0.223. The molecule has 4 aliphatic carbocycles. The Bertz CT molecular complexity index is 839. The molecule has 160 valence electrons. The molecule has 0 amide bonds. The van der Waals surface area contributed by atoms with Crippen LogP contribution in [0.1, 0.15) is 40.0 Å². The van der Waals surface area contributed by atoms with E-state index in [9.17, 15) is 24.9 Å². The van der Waals surface area contributed by atoms with Gasteiger partial charge in [0.2, 0.25) is 0 Å². The fraction of sp³-hybridized carbons (Fsp3) is 0.727. The monoisotopic (exact) mass is 410 g/mol. The second-order valence-electron chi connectivity index (χ2n) is 9.84. The average Bonchev–Trinajstić information content (AvgIpc) is 2.86. The second kappa shape index (κ2) is 6.05. The average molecular weight is 410 g/mol. The van der Waals surface area contributed by atoms with Gasteiger partial charge in [-0.25, -0.2) is 8.78 Å². The van der Waals surface area contributed by atoms with E-state index in [1.54, 1.807) is 13.8 Å². The molecule has 3 N–H and O–H groups in total. The van der Waals surface area contributed by atoms with Crippen molar-refractivity contribution in [3.8, 4) is 0 Å². The number of hydrogen-bond acceptors (Lipinski definition) is 5. The summed E-state index contributed by atoms with van der Waals surface area (Å²) in [5, 5.41) is 31.9. The van der Waals surface area contributed by atoms with Gasteiger partial charge in [-0.3, -0.25) is 9.59 Å². The topological polar surface area (TPSA) is 94.8 Å². The first-order valence-electron chi connectivity index (χ1n) is 10.2. The fourth-order valence-corrected chi connectivity index (χ4v) is 7.25. The SMILES string of the molecule is C[C@@H]1C[C@@H]2[C@@H]3C[C@H](F)C4=CC(=O)C=C[C@]4(C)[C@@]3(F)[C@@H](O)C[C@]2(C)[C@@]1(O)C(=O)CO. The minimum absolute atomic E-state index is 0.0409. The van der Waals surface area contributed by atoms with E-state index in [0.717, 1.165) is 6.08 Å². The Balaban J connectivity index is 1.87. The molecule has 0 radical (unpaired) electrons. The standard InChI is InChI=1S/C22H28F2O5/c1-11-6-13-14-8-16(23)15-7-12(26)4-5-19(15,2)21(14,24)17(27)9-20(13,3)22(11,29)18(28)10-25/h4-5,7,11,13-14,16-17,25,27,29H,6,8-10H2,1-3H3/t11-,13-,14+,16+,17+,19+,20+,21+,22+/m1/s1. The van der Waals surface area contributed by atoms with Crippen LogP contribution in [0.25, 0.3) is 0 Å². The molecule has 3 fully saturated rings. The summed E-state index contributed by atoms with van der Waals surface area (Å²) in [5.41, 5.74) is -6.81. The lowest BCUT2D eigenvalue weighted by Crippen LogP contribution is -2.70. The van der Waals surface area contributed by atoms with Gasteiger partial charge >= 0.3 is 0 Å². The number of fused-ring (bicyclic) bond motifs is 5. The second-order valence-corrected chi connectivity index (χ2v) is 9.84. The van der Waals surface area contributed by atoms with Crippen LogP contribution in [0, 0.1) is 28.6 Å². The predicted molar refractivity (Wildman–Crippen MR) is 100 cm³/mol. The van der Waals surface area contributed by atoms with Crippen molar-refractivity contribution < 1.29 is 33.7 Å². The lowest BCUT2D eigenvalue weighted by atomic mass is 9.44. The molecule has 0 spiro atoms. The van der Waals surface area contributed by atoms with Crippen LogP contribution in [0.3, 0.4) is 0 Å². The molecule has 0 aromatic rings. The first kappa shape index (κ1) is 20.8.